The molecule has 1 aliphatic carbocycles. The van der Waals surface area contributed by atoms with Gasteiger partial charge in [0.1, 0.15) is 6.33 Å². The molecule has 26 heavy (non-hydrogen) atoms. The van der Waals surface area contributed by atoms with Gasteiger partial charge in [0.05, 0.1) is 18.0 Å². The van der Waals surface area contributed by atoms with Gasteiger partial charge in [-0.05, 0) is 29.5 Å². The van der Waals surface area contributed by atoms with Crippen molar-refractivity contribution in [1.82, 2.24) is 9.97 Å². The number of nitrogen functional groups attached to an aromatic ring is 1. The number of aliphatic hydroxyl groups is 1. The van der Waals surface area contributed by atoms with Crippen LogP contribution in [0, 0.1) is 5.92 Å². The summed E-state index contributed by atoms with van der Waals surface area (Å²) in [6, 6.07) is 0.201. The fourth-order valence-electron chi connectivity index (χ4n) is 4.87. The Balaban J connectivity index is 2.16. The highest BCUT2D eigenvalue weighted by Gasteiger charge is 2.49. The minimum atomic E-state index is -1.97. The van der Waals surface area contributed by atoms with E-state index in [0.717, 1.165) is 12.8 Å². The molecule has 0 spiro atoms. The Morgan fingerprint density at radius 2 is 1.81 bits per heavy atom. The van der Waals surface area contributed by atoms with E-state index in [4.69, 9.17) is 10.2 Å². The molecule has 1 aromatic heterocycles. The second kappa shape index (κ2) is 8.67. The molecule has 0 saturated heterocycles. The molecular formula is C19H36N4O2Si. The minimum absolute atomic E-state index is 0.0828. The van der Waals surface area contributed by atoms with Crippen molar-refractivity contribution < 1.29 is 9.53 Å². The van der Waals surface area contributed by atoms with Crippen LogP contribution in [0.3, 0.4) is 0 Å². The quantitative estimate of drug-likeness (QED) is 0.594. The van der Waals surface area contributed by atoms with Crippen molar-refractivity contribution in [3.8, 4) is 0 Å². The maximum atomic E-state index is 9.94. The topological polar surface area (TPSA) is 93.3 Å². The zero-order chi connectivity index (χ0) is 19.5. The molecule has 2 rings (SSSR count). The van der Waals surface area contributed by atoms with Crippen LogP contribution < -0.4 is 11.1 Å². The smallest absolute Gasteiger partial charge is 0.200 e. The molecule has 0 unspecified atom stereocenters. The number of aromatic nitrogens is 2. The lowest BCUT2D eigenvalue weighted by atomic mass is 10.1. The Morgan fingerprint density at radius 1 is 1.19 bits per heavy atom. The van der Waals surface area contributed by atoms with Crippen LogP contribution in [-0.2, 0) is 4.43 Å². The Hall–Kier alpha value is -1.18. The Kier molecular flexibility index (Phi) is 7.04. The highest BCUT2D eigenvalue weighted by atomic mass is 28.4. The summed E-state index contributed by atoms with van der Waals surface area (Å²) in [5.41, 5.74) is 8.11. The Morgan fingerprint density at radius 3 is 2.31 bits per heavy atom. The van der Waals surface area contributed by atoms with Crippen LogP contribution in [0.1, 0.15) is 54.4 Å². The molecule has 1 heterocycles. The fourth-order valence-corrected chi connectivity index (χ4v) is 10.5. The van der Waals surface area contributed by atoms with Crippen LogP contribution >= 0.6 is 0 Å². The molecule has 1 fully saturated rings. The van der Waals surface area contributed by atoms with Crippen LogP contribution in [0.2, 0.25) is 16.6 Å². The summed E-state index contributed by atoms with van der Waals surface area (Å²) in [5.74, 6) is 0.820. The number of anilines is 2. The molecule has 1 aromatic rings. The van der Waals surface area contributed by atoms with Gasteiger partial charge in [0.25, 0.3) is 0 Å². The molecule has 7 heteroatoms. The first kappa shape index (κ1) is 21.1. The molecular weight excluding hydrogens is 344 g/mol. The predicted molar refractivity (Wildman–Crippen MR) is 110 cm³/mol. The number of hydrogen-bond donors (Lipinski definition) is 3. The molecule has 6 nitrogen and oxygen atoms in total. The summed E-state index contributed by atoms with van der Waals surface area (Å²) in [6.45, 7) is 13.9. The lowest BCUT2D eigenvalue weighted by molar-refractivity contribution is 0.0941. The van der Waals surface area contributed by atoms with Gasteiger partial charge in [0, 0.05) is 18.6 Å². The second-order valence-corrected chi connectivity index (χ2v) is 14.0. The van der Waals surface area contributed by atoms with Crippen molar-refractivity contribution in [3.05, 3.63) is 12.5 Å². The molecule has 4 N–H and O–H groups in total. The average molecular weight is 381 g/mol. The maximum Gasteiger partial charge on any atom is 0.200 e. The standard InChI is InChI=1S/C19H36N4O2Si/c1-12(2)26(13(3)4,14(5)6)25-18-8-16(7-15(18)10-24)23-19-17(20)9-21-11-22-19/h9,11-16,18,24H,7-8,10,20H2,1-6H3,(H,21,22,23)/t15-,16-,18+/m1/s1. The van der Waals surface area contributed by atoms with Crippen molar-refractivity contribution in [2.45, 2.75) is 83.2 Å². The van der Waals surface area contributed by atoms with Gasteiger partial charge in [-0.2, -0.15) is 0 Å². The number of nitrogens with one attached hydrogen (secondary N) is 1. The van der Waals surface area contributed by atoms with E-state index in [1.165, 1.54) is 6.33 Å². The van der Waals surface area contributed by atoms with Gasteiger partial charge < -0.3 is 20.6 Å². The number of nitrogens with two attached hydrogens (primary N) is 1. The molecule has 0 aromatic carbocycles. The van der Waals surface area contributed by atoms with Gasteiger partial charge in [-0.15, -0.1) is 0 Å². The lowest BCUT2D eigenvalue weighted by Gasteiger charge is -2.45. The van der Waals surface area contributed by atoms with Crippen LogP contribution in [-0.4, -0.2) is 42.1 Å². The first-order valence-corrected chi connectivity index (χ1v) is 12.0. The van der Waals surface area contributed by atoms with Gasteiger partial charge in [-0.25, -0.2) is 9.97 Å². The van der Waals surface area contributed by atoms with Gasteiger partial charge in [-0.1, -0.05) is 41.5 Å². The third-order valence-electron chi connectivity index (χ3n) is 6.01. The zero-order valence-electron chi connectivity index (χ0n) is 17.1. The van der Waals surface area contributed by atoms with Crippen molar-refractivity contribution in [2.24, 2.45) is 5.92 Å². The molecule has 1 saturated carbocycles. The van der Waals surface area contributed by atoms with Crippen molar-refractivity contribution in [2.75, 3.05) is 17.7 Å². The molecule has 0 bridgehead atoms. The van der Waals surface area contributed by atoms with Crippen LogP contribution in [0.25, 0.3) is 0 Å². The summed E-state index contributed by atoms with van der Waals surface area (Å²) in [4.78, 5) is 8.17. The number of rotatable bonds is 8. The van der Waals surface area contributed by atoms with E-state index in [1.54, 1.807) is 6.20 Å². The van der Waals surface area contributed by atoms with E-state index in [0.29, 0.717) is 28.1 Å². The molecule has 0 aliphatic heterocycles. The average Bonchev–Trinajstić information content (AvgIpc) is 2.95. The predicted octanol–water partition coefficient (Wildman–Crippen LogP) is 3.80. The van der Waals surface area contributed by atoms with E-state index in [2.05, 4.69) is 56.8 Å². The number of nitrogens with zero attached hydrogens (tertiary/aromatic N) is 2. The van der Waals surface area contributed by atoms with Gasteiger partial charge >= 0.3 is 0 Å². The lowest BCUT2D eigenvalue weighted by Crippen LogP contribution is -2.51. The largest absolute Gasteiger partial charge is 0.413 e. The highest BCUT2D eigenvalue weighted by molar-refractivity contribution is 6.77. The number of hydrogen-bond acceptors (Lipinski definition) is 6. The summed E-state index contributed by atoms with van der Waals surface area (Å²) in [6.07, 6.45) is 4.92. The summed E-state index contributed by atoms with van der Waals surface area (Å²) in [5, 5.41) is 13.4. The summed E-state index contributed by atoms with van der Waals surface area (Å²) < 4.78 is 6.96. The van der Waals surface area contributed by atoms with E-state index < -0.39 is 8.32 Å². The summed E-state index contributed by atoms with van der Waals surface area (Å²) in [7, 11) is -1.97. The van der Waals surface area contributed by atoms with Crippen molar-refractivity contribution in [1.29, 1.82) is 0 Å². The highest BCUT2D eigenvalue weighted by Crippen LogP contribution is 2.45. The van der Waals surface area contributed by atoms with E-state index in [1.807, 2.05) is 0 Å². The SMILES string of the molecule is CC(C)[Si](O[C@H]1C[C@H](Nc2ncncc2N)C[C@@H]1CO)(C(C)C)C(C)C. The Labute approximate surface area is 159 Å². The molecule has 148 valence electrons. The van der Waals surface area contributed by atoms with Gasteiger partial charge in [-0.3, -0.25) is 0 Å². The van der Waals surface area contributed by atoms with E-state index >= 15 is 0 Å². The maximum absolute atomic E-state index is 9.94. The molecule has 3 atom stereocenters. The third-order valence-corrected chi connectivity index (χ3v) is 12.1. The minimum Gasteiger partial charge on any atom is -0.413 e. The summed E-state index contributed by atoms with van der Waals surface area (Å²) >= 11 is 0. The number of aliphatic hydroxyl groups excluding tert-OH is 1. The van der Waals surface area contributed by atoms with Crippen LogP contribution in [0.4, 0.5) is 11.5 Å². The van der Waals surface area contributed by atoms with Crippen molar-refractivity contribution >= 4 is 19.8 Å². The normalized spacial score (nSPS) is 24.0. The van der Waals surface area contributed by atoms with Crippen molar-refractivity contribution in [3.63, 3.8) is 0 Å². The van der Waals surface area contributed by atoms with Gasteiger partial charge in [0.15, 0.2) is 5.82 Å². The van der Waals surface area contributed by atoms with E-state index in [9.17, 15) is 5.11 Å². The fraction of sp³-hybridized carbons (Fsp3) is 0.789. The zero-order valence-corrected chi connectivity index (χ0v) is 18.1. The van der Waals surface area contributed by atoms with Crippen LogP contribution in [0.5, 0.6) is 0 Å². The molecule has 1 aliphatic rings. The molecule has 0 amide bonds. The monoisotopic (exact) mass is 380 g/mol. The second-order valence-electron chi connectivity index (χ2n) is 8.56. The van der Waals surface area contributed by atoms with E-state index in [-0.39, 0.29) is 24.7 Å². The third kappa shape index (κ3) is 4.21. The van der Waals surface area contributed by atoms with Crippen LogP contribution in [0.15, 0.2) is 12.5 Å². The first-order chi connectivity index (χ1) is 12.2. The molecule has 0 radical (unpaired) electrons. The Bertz CT molecular complexity index is 561. The van der Waals surface area contributed by atoms with Gasteiger partial charge in [0.2, 0.25) is 8.32 Å². The first-order valence-electron chi connectivity index (χ1n) is 9.82.